The van der Waals surface area contributed by atoms with E-state index < -0.39 is 5.97 Å². The molecule has 0 fully saturated rings. The topological polar surface area (TPSA) is 68.2 Å². The van der Waals surface area contributed by atoms with Crippen molar-refractivity contribution in [1.29, 1.82) is 0 Å². The molecule has 0 saturated carbocycles. The number of nitrogens with zero attached hydrogens (tertiary/aromatic N) is 1. The van der Waals surface area contributed by atoms with Crippen molar-refractivity contribution in [2.75, 3.05) is 6.54 Å². The van der Waals surface area contributed by atoms with E-state index in [0.29, 0.717) is 19.4 Å². The number of aliphatic carboxylic acids is 1. The fourth-order valence-electron chi connectivity index (χ4n) is 3.73. The molecule has 0 bridgehead atoms. The highest BCUT2D eigenvalue weighted by Crippen LogP contribution is 2.29. The molecule has 0 aliphatic carbocycles. The molecule has 1 atom stereocenters. The van der Waals surface area contributed by atoms with Gasteiger partial charge in [-0.15, -0.1) is 0 Å². The van der Waals surface area contributed by atoms with Crippen molar-refractivity contribution < 1.29 is 9.90 Å². The lowest BCUT2D eigenvalue weighted by atomic mass is 9.93. The van der Waals surface area contributed by atoms with Crippen molar-refractivity contribution >= 4 is 16.9 Å². The third-order valence-electron chi connectivity index (χ3n) is 5.25. The van der Waals surface area contributed by atoms with E-state index in [4.69, 9.17) is 5.73 Å². The molecule has 4 nitrogen and oxygen atoms in total. The fraction of sp³-hybridized carbons (Fsp3) is 0.348. The molecular weight excluding hydrogens is 336 g/mol. The predicted octanol–water partition coefficient (Wildman–Crippen LogP) is 4.61. The summed E-state index contributed by atoms with van der Waals surface area (Å²) in [6, 6.07) is 16.7. The van der Waals surface area contributed by atoms with Crippen LogP contribution in [0.15, 0.2) is 54.7 Å². The molecule has 27 heavy (non-hydrogen) atoms. The van der Waals surface area contributed by atoms with E-state index >= 15 is 0 Å². The van der Waals surface area contributed by atoms with Crippen LogP contribution >= 0.6 is 0 Å². The lowest BCUT2D eigenvalue weighted by molar-refractivity contribution is -0.141. The number of fused-ring (bicyclic) bond motifs is 1. The Morgan fingerprint density at radius 3 is 2.56 bits per heavy atom. The van der Waals surface area contributed by atoms with Crippen molar-refractivity contribution in [2.45, 2.75) is 32.1 Å². The highest BCUT2D eigenvalue weighted by molar-refractivity contribution is 5.88. The number of unbranched alkanes of at least 4 members (excludes halogenated alkanes) is 2. The average molecular weight is 364 g/mol. The summed E-state index contributed by atoms with van der Waals surface area (Å²) in [4.78, 5) is 11.7. The first-order chi connectivity index (χ1) is 13.1. The molecule has 1 unspecified atom stereocenters. The molecule has 142 valence electrons. The second kappa shape index (κ2) is 8.87. The SMILES string of the molecule is Cn1cc(CC(CCCCCN)C(=O)O)c2ccc(-c3ccccc3)cc21. The van der Waals surface area contributed by atoms with Crippen LogP contribution in [-0.4, -0.2) is 22.2 Å². The summed E-state index contributed by atoms with van der Waals surface area (Å²) in [5.74, 6) is -1.05. The maximum Gasteiger partial charge on any atom is 0.306 e. The molecule has 3 N–H and O–H groups in total. The number of rotatable bonds is 9. The summed E-state index contributed by atoms with van der Waals surface area (Å²) in [5.41, 5.74) is 10.1. The molecule has 0 spiro atoms. The van der Waals surface area contributed by atoms with Gasteiger partial charge in [-0.1, -0.05) is 55.3 Å². The molecule has 2 aromatic carbocycles. The molecule has 0 aliphatic heterocycles. The van der Waals surface area contributed by atoms with Crippen LogP contribution in [0.2, 0.25) is 0 Å². The van der Waals surface area contributed by atoms with Crippen molar-refractivity contribution in [3.8, 4) is 11.1 Å². The number of benzene rings is 2. The summed E-state index contributed by atoms with van der Waals surface area (Å²) >= 11 is 0. The third kappa shape index (κ3) is 4.58. The van der Waals surface area contributed by atoms with Gasteiger partial charge in [0.05, 0.1) is 5.92 Å². The number of carboxylic acids is 1. The van der Waals surface area contributed by atoms with Crippen molar-refractivity contribution in [3.63, 3.8) is 0 Å². The van der Waals surface area contributed by atoms with Gasteiger partial charge < -0.3 is 15.4 Å². The molecule has 0 radical (unpaired) electrons. The minimum absolute atomic E-state index is 0.345. The third-order valence-corrected chi connectivity index (χ3v) is 5.25. The normalized spacial score (nSPS) is 12.4. The Labute approximate surface area is 160 Å². The molecule has 1 aromatic heterocycles. The monoisotopic (exact) mass is 364 g/mol. The van der Waals surface area contributed by atoms with Crippen LogP contribution in [-0.2, 0) is 18.3 Å². The van der Waals surface area contributed by atoms with E-state index in [1.807, 2.05) is 25.2 Å². The van der Waals surface area contributed by atoms with Gasteiger partial charge in [0.1, 0.15) is 0 Å². The number of aromatic nitrogens is 1. The Morgan fingerprint density at radius 1 is 1.07 bits per heavy atom. The Kier molecular flexibility index (Phi) is 6.30. The standard InChI is InChI=1S/C23H28N2O2/c1-25-16-20(14-19(23(26)27)10-6-3-7-13-24)21-12-11-18(15-22(21)25)17-8-4-2-5-9-17/h2,4-5,8-9,11-12,15-16,19H,3,6-7,10,13-14,24H2,1H3,(H,26,27). The first-order valence-corrected chi connectivity index (χ1v) is 9.66. The minimum Gasteiger partial charge on any atom is -0.481 e. The lowest BCUT2D eigenvalue weighted by Crippen LogP contribution is -2.16. The van der Waals surface area contributed by atoms with Crippen LogP contribution in [0.25, 0.3) is 22.0 Å². The molecule has 3 rings (SSSR count). The zero-order valence-corrected chi connectivity index (χ0v) is 15.9. The number of nitrogens with two attached hydrogens (primary N) is 1. The minimum atomic E-state index is -0.708. The van der Waals surface area contributed by atoms with Crippen molar-refractivity contribution in [2.24, 2.45) is 18.7 Å². The van der Waals surface area contributed by atoms with Gasteiger partial charge in [-0.3, -0.25) is 4.79 Å². The summed E-state index contributed by atoms with van der Waals surface area (Å²) < 4.78 is 2.10. The van der Waals surface area contributed by atoms with E-state index in [-0.39, 0.29) is 5.92 Å². The Morgan fingerprint density at radius 2 is 1.85 bits per heavy atom. The summed E-state index contributed by atoms with van der Waals surface area (Å²) in [6.45, 7) is 0.671. The molecule has 3 aromatic rings. The van der Waals surface area contributed by atoms with Crippen molar-refractivity contribution in [3.05, 3.63) is 60.3 Å². The summed E-state index contributed by atoms with van der Waals surface area (Å²) in [7, 11) is 2.03. The Hall–Kier alpha value is -2.59. The average Bonchev–Trinajstić information content (AvgIpc) is 3.00. The second-order valence-corrected chi connectivity index (χ2v) is 7.24. The maximum atomic E-state index is 11.7. The smallest absolute Gasteiger partial charge is 0.306 e. The van der Waals surface area contributed by atoms with Crippen LogP contribution in [0.3, 0.4) is 0 Å². The first kappa shape index (κ1) is 19.2. The number of hydrogen-bond acceptors (Lipinski definition) is 2. The van der Waals surface area contributed by atoms with Crippen LogP contribution < -0.4 is 5.73 Å². The number of hydrogen-bond donors (Lipinski definition) is 2. The van der Waals surface area contributed by atoms with Gasteiger partial charge in [-0.2, -0.15) is 0 Å². The van der Waals surface area contributed by atoms with Crippen molar-refractivity contribution in [1.82, 2.24) is 4.57 Å². The molecule has 1 heterocycles. The number of carbonyl (C=O) groups is 1. The van der Waals surface area contributed by atoms with Crippen LogP contribution in [0.5, 0.6) is 0 Å². The van der Waals surface area contributed by atoms with Gasteiger partial charge in [0.15, 0.2) is 0 Å². The summed E-state index contributed by atoms with van der Waals surface area (Å²) in [5, 5.41) is 10.8. The maximum absolute atomic E-state index is 11.7. The van der Waals surface area contributed by atoms with Gasteiger partial charge in [-0.25, -0.2) is 0 Å². The van der Waals surface area contributed by atoms with E-state index in [2.05, 4.69) is 41.1 Å². The van der Waals surface area contributed by atoms with Gasteiger partial charge in [-0.05, 0) is 48.6 Å². The van der Waals surface area contributed by atoms with Crippen LogP contribution in [0.4, 0.5) is 0 Å². The second-order valence-electron chi connectivity index (χ2n) is 7.24. The van der Waals surface area contributed by atoms with Crippen LogP contribution in [0.1, 0.15) is 31.2 Å². The lowest BCUT2D eigenvalue weighted by Gasteiger charge is -2.11. The van der Waals surface area contributed by atoms with E-state index in [0.717, 1.165) is 35.7 Å². The zero-order valence-electron chi connectivity index (χ0n) is 15.9. The molecule has 4 heteroatoms. The molecule has 0 amide bonds. The van der Waals surface area contributed by atoms with Gasteiger partial charge in [0, 0.05) is 24.1 Å². The highest BCUT2D eigenvalue weighted by atomic mass is 16.4. The molecule has 0 saturated heterocycles. The van der Waals surface area contributed by atoms with Gasteiger partial charge >= 0.3 is 5.97 Å². The van der Waals surface area contributed by atoms with Gasteiger partial charge in [0.2, 0.25) is 0 Å². The Bertz CT molecular complexity index is 899. The quantitative estimate of drug-likeness (QED) is 0.545. The highest BCUT2D eigenvalue weighted by Gasteiger charge is 2.20. The zero-order chi connectivity index (χ0) is 19.2. The molecular formula is C23H28N2O2. The van der Waals surface area contributed by atoms with E-state index in [9.17, 15) is 9.90 Å². The Balaban J connectivity index is 1.83. The summed E-state index contributed by atoms with van der Waals surface area (Å²) in [6.07, 6.45) is 6.22. The largest absolute Gasteiger partial charge is 0.481 e. The number of aryl methyl sites for hydroxylation is 1. The van der Waals surface area contributed by atoms with E-state index in [1.165, 1.54) is 11.1 Å². The predicted molar refractivity (Wildman–Crippen MR) is 111 cm³/mol. The van der Waals surface area contributed by atoms with E-state index in [1.54, 1.807) is 0 Å². The number of carboxylic acid groups (broad SMARTS) is 1. The van der Waals surface area contributed by atoms with Gasteiger partial charge in [0.25, 0.3) is 0 Å². The first-order valence-electron chi connectivity index (χ1n) is 9.66. The fourth-order valence-corrected chi connectivity index (χ4v) is 3.73. The molecule has 0 aliphatic rings. The van der Waals surface area contributed by atoms with Crippen LogP contribution in [0, 0.1) is 5.92 Å².